The molecule has 0 saturated carbocycles. The van der Waals surface area contributed by atoms with Crippen molar-refractivity contribution < 1.29 is 22.4 Å². The highest BCUT2D eigenvalue weighted by molar-refractivity contribution is 6.12. The number of imidazole rings is 1. The number of benzene rings is 3. The average molecular weight is 537 g/mol. The molecule has 1 aromatic heterocycles. The van der Waals surface area contributed by atoms with Gasteiger partial charge in [0.1, 0.15) is 5.82 Å². The lowest BCUT2D eigenvalue weighted by Gasteiger charge is -2.32. The Morgan fingerprint density at radius 3 is 2.41 bits per heavy atom. The molecule has 5 nitrogen and oxygen atoms in total. The number of nitrogens with one attached hydrogen (secondary N) is 1. The lowest BCUT2D eigenvalue weighted by Crippen LogP contribution is -2.38. The van der Waals surface area contributed by atoms with E-state index in [4.69, 9.17) is 5.41 Å². The number of para-hydroxylation sites is 2. The number of rotatable bonds is 6. The predicted molar refractivity (Wildman–Crippen MR) is 142 cm³/mol. The van der Waals surface area contributed by atoms with Crippen molar-refractivity contribution in [2.45, 2.75) is 45.1 Å². The van der Waals surface area contributed by atoms with Gasteiger partial charge in [-0.3, -0.25) is 14.8 Å². The molecule has 202 valence electrons. The van der Waals surface area contributed by atoms with Crippen molar-refractivity contribution in [3.63, 3.8) is 0 Å². The third kappa shape index (κ3) is 5.17. The maximum atomic E-state index is 13.9. The Morgan fingerprint density at radius 1 is 1.00 bits per heavy atom. The fraction of sp³-hybridized carbons (Fsp3) is 0.300. The molecule has 1 aliphatic rings. The van der Waals surface area contributed by atoms with Crippen molar-refractivity contribution in [1.29, 1.82) is 5.41 Å². The van der Waals surface area contributed by atoms with Crippen LogP contribution < -0.4 is 0 Å². The first-order chi connectivity index (χ1) is 18.5. The number of carbonyl (C=O) groups excluding carboxylic acids is 1. The van der Waals surface area contributed by atoms with Crippen LogP contribution in [-0.4, -0.2) is 39.2 Å². The van der Waals surface area contributed by atoms with Crippen LogP contribution in [0.2, 0.25) is 0 Å². The van der Waals surface area contributed by atoms with Crippen LogP contribution in [0.15, 0.2) is 66.7 Å². The molecular formula is C30H28F4N4O. The fourth-order valence-electron chi connectivity index (χ4n) is 5.21. The number of aromatic nitrogens is 2. The zero-order chi connectivity index (χ0) is 27.9. The Balaban J connectivity index is 1.34. The van der Waals surface area contributed by atoms with Crippen molar-refractivity contribution >= 4 is 22.7 Å². The minimum atomic E-state index is -3.03. The number of hydrogen-bond acceptors (Lipinski definition) is 3. The number of aryl methyl sites for hydroxylation is 1. The number of likely N-dealkylation sites (tertiary alicyclic amines) is 1. The summed E-state index contributed by atoms with van der Waals surface area (Å²) in [6, 6.07) is 17.6. The van der Waals surface area contributed by atoms with E-state index in [1.165, 1.54) is 18.2 Å². The molecule has 1 fully saturated rings. The van der Waals surface area contributed by atoms with E-state index in [-0.39, 0.29) is 23.1 Å². The minimum Gasteiger partial charge on any atom is -0.339 e. The number of nitrogens with zero attached hydrogens (tertiary/aromatic N) is 3. The van der Waals surface area contributed by atoms with Crippen LogP contribution >= 0.6 is 0 Å². The van der Waals surface area contributed by atoms with Gasteiger partial charge in [0.15, 0.2) is 0 Å². The van der Waals surface area contributed by atoms with Gasteiger partial charge in [-0.05, 0) is 55.7 Å². The minimum absolute atomic E-state index is 0.0536. The average Bonchev–Trinajstić information content (AvgIpc) is 3.32. The number of hydrogen-bond donors (Lipinski definition) is 1. The summed E-state index contributed by atoms with van der Waals surface area (Å²) in [6.45, 7) is 0.663. The van der Waals surface area contributed by atoms with Crippen molar-refractivity contribution in [3.8, 4) is 0 Å². The number of amides is 1. The SMILES string of the molecule is Cc1ccc(C(=O)N2CCC(c3nc4ccccc4n3C(F)F)CC2)cc1C(=N)c1cccc(C(C)(F)F)c1. The van der Waals surface area contributed by atoms with Crippen molar-refractivity contribution in [2.24, 2.45) is 0 Å². The standard InChI is InChI=1S/C30H28F4N4O/c1-18-10-11-21(17-23(18)26(35)20-6-5-7-22(16-20)30(2,33)34)28(39)37-14-12-19(13-15-37)27-36-24-8-3-4-9-25(24)38(27)29(31)32/h3-11,16-17,19,29,35H,12-15H2,1-2H3. The van der Waals surface area contributed by atoms with Gasteiger partial charge in [0, 0.05) is 48.2 Å². The van der Waals surface area contributed by atoms with E-state index < -0.39 is 12.5 Å². The summed E-state index contributed by atoms with van der Waals surface area (Å²) in [5.41, 5.74) is 2.74. The molecule has 2 heterocycles. The smallest absolute Gasteiger partial charge is 0.320 e. The monoisotopic (exact) mass is 536 g/mol. The molecule has 0 radical (unpaired) electrons. The van der Waals surface area contributed by atoms with E-state index in [1.807, 2.05) is 0 Å². The molecule has 1 amide bonds. The van der Waals surface area contributed by atoms with E-state index in [1.54, 1.807) is 60.4 Å². The van der Waals surface area contributed by atoms with E-state index >= 15 is 0 Å². The lowest BCUT2D eigenvalue weighted by molar-refractivity contribution is 0.0174. The van der Waals surface area contributed by atoms with Gasteiger partial charge in [0.2, 0.25) is 0 Å². The normalized spacial score (nSPS) is 14.8. The summed E-state index contributed by atoms with van der Waals surface area (Å²) in [4.78, 5) is 19.6. The summed E-state index contributed by atoms with van der Waals surface area (Å²) in [5.74, 6) is -3.13. The predicted octanol–water partition coefficient (Wildman–Crippen LogP) is 7.29. The van der Waals surface area contributed by atoms with Crippen LogP contribution in [0.4, 0.5) is 17.6 Å². The summed E-state index contributed by atoms with van der Waals surface area (Å²) in [7, 11) is 0. The highest BCUT2D eigenvalue weighted by atomic mass is 19.3. The van der Waals surface area contributed by atoms with Gasteiger partial charge in [-0.2, -0.15) is 8.78 Å². The maximum Gasteiger partial charge on any atom is 0.320 e. The second-order valence-corrected chi connectivity index (χ2v) is 10.0. The van der Waals surface area contributed by atoms with Crippen LogP contribution in [0, 0.1) is 12.3 Å². The zero-order valence-corrected chi connectivity index (χ0v) is 21.6. The quantitative estimate of drug-likeness (QED) is 0.208. The molecular weight excluding hydrogens is 508 g/mol. The molecule has 1 saturated heterocycles. The van der Waals surface area contributed by atoms with Gasteiger partial charge in [-0.1, -0.05) is 36.4 Å². The second-order valence-electron chi connectivity index (χ2n) is 10.0. The number of alkyl halides is 4. The van der Waals surface area contributed by atoms with Gasteiger partial charge >= 0.3 is 6.55 Å². The molecule has 3 aromatic carbocycles. The van der Waals surface area contributed by atoms with Gasteiger partial charge in [-0.15, -0.1) is 0 Å². The third-order valence-corrected chi connectivity index (χ3v) is 7.38. The first-order valence-electron chi connectivity index (χ1n) is 12.8. The molecule has 0 bridgehead atoms. The molecule has 9 heteroatoms. The van der Waals surface area contributed by atoms with Gasteiger partial charge in [0.25, 0.3) is 11.8 Å². The number of piperidine rings is 1. The van der Waals surface area contributed by atoms with Crippen molar-refractivity contribution in [1.82, 2.24) is 14.5 Å². The van der Waals surface area contributed by atoms with E-state index in [2.05, 4.69) is 4.98 Å². The van der Waals surface area contributed by atoms with E-state index in [0.29, 0.717) is 59.5 Å². The second kappa shape index (κ2) is 10.3. The first kappa shape index (κ1) is 26.6. The summed E-state index contributed by atoms with van der Waals surface area (Å²) >= 11 is 0. The number of fused-ring (bicyclic) bond motifs is 1. The van der Waals surface area contributed by atoms with Crippen LogP contribution in [0.5, 0.6) is 0 Å². The summed E-state index contributed by atoms with van der Waals surface area (Å²) in [6.07, 6.45) is 0.989. The highest BCUT2D eigenvalue weighted by Crippen LogP contribution is 2.34. The Bertz CT molecular complexity index is 1550. The maximum absolute atomic E-state index is 13.9. The summed E-state index contributed by atoms with van der Waals surface area (Å²) in [5, 5.41) is 8.68. The molecule has 0 atom stereocenters. The molecule has 1 N–H and O–H groups in total. The zero-order valence-electron chi connectivity index (χ0n) is 21.6. The van der Waals surface area contributed by atoms with Crippen LogP contribution in [-0.2, 0) is 5.92 Å². The fourth-order valence-corrected chi connectivity index (χ4v) is 5.21. The van der Waals surface area contributed by atoms with Crippen molar-refractivity contribution in [3.05, 3.63) is 100 Å². The molecule has 0 aliphatic carbocycles. The molecule has 0 spiro atoms. The topological polar surface area (TPSA) is 62.0 Å². The Morgan fingerprint density at radius 2 is 1.72 bits per heavy atom. The van der Waals surface area contributed by atoms with Crippen molar-refractivity contribution in [2.75, 3.05) is 13.1 Å². The number of halogens is 4. The number of carbonyl (C=O) groups is 1. The molecule has 0 unspecified atom stereocenters. The first-order valence-corrected chi connectivity index (χ1v) is 12.8. The Labute approximate surface area is 223 Å². The van der Waals surface area contributed by atoms with E-state index in [0.717, 1.165) is 17.1 Å². The molecule has 4 aromatic rings. The Hall–Kier alpha value is -4.01. The van der Waals surface area contributed by atoms with Gasteiger partial charge in [-0.25, -0.2) is 13.8 Å². The lowest BCUT2D eigenvalue weighted by atomic mass is 9.93. The molecule has 39 heavy (non-hydrogen) atoms. The van der Waals surface area contributed by atoms with Crippen LogP contribution in [0.3, 0.4) is 0 Å². The van der Waals surface area contributed by atoms with Gasteiger partial charge in [0.05, 0.1) is 16.7 Å². The van der Waals surface area contributed by atoms with Gasteiger partial charge < -0.3 is 4.90 Å². The Kier molecular flexibility index (Phi) is 7.01. The largest absolute Gasteiger partial charge is 0.339 e. The van der Waals surface area contributed by atoms with Crippen LogP contribution in [0.25, 0.3) is 11.0 Å². The highest BCUT2D eigenvalue weighted by Gasteiger charge is 2.30. The third-order valence-electron chi connectivity index (χ3n) is 7.38. The molecule has 1 aliphatic heterocycles. The summed E-state index contributed by atoms with van der Waals surface area (Å²) < 4.78 is 56.5. The van der Waals surface area contributed by atoms with E-state index in [9.17, 15) is 22.4 Å². The van der Waals surface area contributed by atoms with Crippen LogP contribution in [0.1, 0.15) is 70.7 Å². The molecule has 5 rings (SSSR count).